The molecule has 1 saturated heterocycles. The van der Waals surface area contributed by atoms with Crippen LogP contribution in [0, 0.1) is 5.92 Å². The van der Waals surface area contributed by atoms with Crippen molar-refractivity contribution >= 4 is 34.3 Å². The zero-order chi connectivity index (χ0) is 20.8. The number of esters is 1. The second-order valence-electron chi connectivity index (χ2n) is 6.72. The van der Waals surface area contributed by atoms with Crippen molar-refractivity contribution in [3.05, 3.63) is 45.3 Å². The number of anilines is 1. The number of rotatable bonds is 6. The van der Waals surface area contributed by atoms with Crippen molar-refractivity contribution in [3.8, 4) is 0 Å². The summed E-state index contributed by atoms with van der Waals surface area (Å²) >= 11 is 1.28. The summed E-state index contributed by atoms with van der Waals surface area (Å²) in [5.74, 6) is -0.681. The smallest absolute Gasteiger partial charge is 0.308 e. The van der Waals surface area contributed by atoms with E-state index < -0.39 is 0 Å². The van der Waals surface area contributed by atoms with E-state index in [0.29, 0.717) is 49.5 Å². The Morgan fingerprint density at radius 3 is 2.72 bits per heavy atom. The fourth-order valence-electron chi connectivity index (χ4n) is 3.12. The van der Waals surface area contributed by atoms with Gasteiger partial charge in [-0.15, -0.1) is 11.3 Å². The van der Waals surface area contributed by atoms with Crippen LogP contribution >= 0.6 is 11.3 Å². The number of carbonyl (C=O) groups excluding carboxylic acids is 3. The second-order valence-corrected chi connectivity index (χ2v) is 7.58. The number of nitrogens with zero attached hydrogens (tertiary/aromatic N) is 2. The lowest BCUT2D eigenvalue weighted by Crippen LogP contribution is -2.40. The number of H-pyrrole nitrogens is 1. The van der Waals surface area contributed by atoms with Gasteiger partial charge in [-0.05, 0) is 25.3 Å². The number of aromatic amines is 1. The molecular formula is C19H22N4O5S. The Hall–Kier alpha value is -3.01. The minimum Gasteiger partial charge on any atom is -0.469 e. The molecule has 1 aliphatic rings. The highest BCUT2D eigenvalue weighted by Crippen LogP contribution is 2.21. The number of nitrogens with one attached hydrogen (secondary N) is 2. The number of likely N-dealkylation sites (tertiary alicyclic amines) is 1. The number of carbonyl (C=O) groups is 3. The number of piperidine rings is 1. The fourth-order valence-corrected chi connectivity index (χ4v) is 3.86. The van der Waals surface area contributed by atoms with Crippen LogP contribution in [0.2, 0.25) is 0 Å². The maximum Gasteiger partial charge on any atom is 0.308 e. The summed E-state index contributed by atoms with van der Waals surface area (Å²) in [6, 6.07) is 2.71. The van der Waals surface area contributed by atoms with Crippen LogP contribution in [0.1, 0.15) is 35.3 Å². The highest BCUT2D eigenvalue weighted by Gasteiger charge is 2.27. The van der Waals surface area contributed by atoms with Crippen LogP contribution in [0.25, 0.3) is 0 Å². The summed E-state index contributed by atoms with van der Waals surface area (Å²) in [5, 5.41) is 4.92. The van der Waals surface area contributed by atoms with Crippen LogP contribution in [-0.4, -0.2) is 52.9 Å². The van der Waals surface area contributed by atoms with E-state index in [1.807, 2.05) is 0 Å². The van der Waals surface area contributed by atoms with E-state index in [9.17, 15) is 19.2 Å². The molecular weight excluding hydrogens is 396 g/mol. The van der Waals surface area contributed by atoms with Gasteiger partial charge in [-0.1, -0.05) is 0 Å². The molecule has 0 aliphatic carbocycles. The molecule has 1 fully saturated rings. The zero-order valence-electron chi connectivity index (χ0n) is 16.0. The van der Waals surface area contributed by atoms with Crippen molar-refractivity contribution in [2.24, 2.45) is 5.92 Å². The quantitative estimate of drug-likeness (QED) is 0.685. The molecule has 2 amide bonds. The Bertz CT molecular complexity index is 926. The van der Waals surface area contributed by atoms with Crippen LogP contribution in [0.5, 0.6) is 0 Å². The van der Waals surface area contributed by atoms with E-state index in [0.717, 1.165) is 5.69 Å². The third kappa shape index (κ3) is 5.50. The normalized spacial score (nSPS) is 14.4. The van der Waals surface area contributed by atoms with Crippen molar-refractivity contribution in [1.29, 1.82) is 0 Å². The molecule has 2 aromatic heterocycles. The number of aryl methyl sites for hydroxylation is 1. The molecule has 2 aromatic rings. The minimum absolute atomic E-state index is 0.0279. The monoisotopic (exact) mass is 418 g/mol. The van der Waals surface area contributed by atoms with E-state index in [4.69, 9.17) is 4.74 Å². The van der Waals surface area contributed by atoms with Crippen LogP contribution in [0.4, 0.5) is 5.13 Å². The number of hydrogen-bond donors (Lipinski definition) is 2. The summed E-state index contributed by atoms with van der Waals surface area (Å²) in [6.07, 6.45) is 3.38. The average Bonchev–Trinajstić information content (AvgIpc) is 3.19. The van der Waals surface area contributed by atoms with Gasteiger partial charge in [-0.3, -0.25) is 24.5 Å². The fraction of sp³-hybridized carbons (Fsp3) is 0.421. The maximum absolute atomic E-state index is 12.4. The lowest BCUT2D eigenvalue weighted by Gasteiger charge is -2.30. The Balaban J connectivity index is 1.46. The van der Waals surface area contributed by atoms with Crippen molar-refractivity contribution in [2.75, 3.05) is 25.5 Å². The van der Waals surface area contributed by atoms with Crippen LogP contribution in [0.15, 0.2) is 28.5 Å². The topological polar surface area (TPSA) is 121 Å². The van der Waals surface area contributed by atoms with E-state index in [2.05, 4.69) is 15.3 Å². The SMILES string of the molecule is COC(=O)C1CCN(C(=O)CCc2csc(NC(=O)c3ccc(=O)[nH]c3)n2)CC1. The number of methoxy groups -OCH3 is 1. The molecule has 1 aliphatic heterocycles. The van der Waals surface area contributed by atoms with Crippen molar-refractivity contribution < 1.29 is 19.1 Å². The van der Waals surface area contributed by atoms with Crippen molar-refractivity contribution in [3.63, 3.8) is 0 Å². The number of pyridine rings is 1. The van der Waals surface area contributed by atoms with Gasteiger partial charge < -0.3 is 14.6 Å². The standard InChI is InChI=1S/C19H22N4O5S/c1-28-18(27)12-6-8-23(9-7-12)16(25)5-3-14-11-29-19(21-14)22-17(26)13-2-4-15(24)20-10-13/h2,4,10-12H,3,5-9H2,1H3,(H,20,24)(H,21,22,26). The van der Waals surface area contributed by atoms with Gasteiger partial charge in [0.15, 0.2) is 5.13 Å². The minimum atomic E-state index is -0.369. The number of thiazole rings is 1. The summed E-state index contributed by atoms with van der Waals surface area (Å²) in [7, 11) is 1.38. The van der Waals surface area contributed by atoms with Gasteiger partial charge in [-0.2, -0.15) is 0 Å². The summed E-state index contributed by atoms with van der Waals surface area (Å²) in [4.78, 5) is 55.7. The lowest BCUT2D eigenvalue weighted by molar-refractivity contribution is -0.148. The average molecular weight is 418 g/mol. The molecule has 0 bridgehead atoms. The lowest BCUT2D eigenvalue weighted by atomic mass is 9.97. The number of ether oxygens (including phenoxy) is 1. The molecule has 154 valence electrons. The van der Waals surface area contributed by atoms with E-state index in [1.165, 1.54) is 36.8 Å². The Morgan fingerprint density at radius 2 is 2.07 bits per heavy atom. The molecule has 9 nitrogen and oxygen atoms in total. The van der Waals surface area contributed by atoms with Gasteiger partial charge in [0, 0.05) is 37.2 Å². The first-order valence-corrected chi connectivity index (χ1v) is 10.1. The first-order valence-electron chi connectivity index (χ1n) is 9.26. The third-order valence-corrected chi connectivity index (χ3v) is 5.60. The Kier molecular flexibility index (Phi) is 6.76. The van der Waals surface area contributed by atoms with Gasteiger partial charge >= 0.3 is 5.97 Å². The number of aromatic nitrogens is 2. The molecule has 0 aromatic carbocycles. The second kappa shape index (κ2) is 9.46. The first-order chi connectivity index (χ1) is 14.0. The van der Waals surface area contributed by atoms with Crippen LogP contribution in [0.3, 0.4) is 0 Å². The summed E-state index contributed by atoms with van der Waals surface area (Å²) in [6.45, 7) is 1.10. The van der Waals surface area contributed by atoms with Gasteiger partial charge in [0.2, 0.25) is 11.5 Å². The highest BCUT2D eigenvalue weighted by molar-refractivity contribution is 7.14. The highest BCUT2D eigenvalue weighted by atomic mass is 32.1. The van der Waals surface area contributed by atoms with Gasteiger partial charge in [0.1, 0.15) is 0 Å². The molecule has 10 heteroatoms. The van der Waals surface area contributed by atoms with Gasteiger partial charge in [-0.25, -0.2) is 4.98 Å². The predicted molar refractivity (Wildman–Crippen MR) is 107 cm³/mol. The van der Waals surface area contributed by atoms with Gasteiger partial charge in [0.05, 0.1) is 24.3 Å². The van der Waals surface area contributed by atoms with Crippen LogP contribution < -0.4 is 10.9 Å². The molecule has 3 rings (SSSR count). The van der Waals surface area contributed by atoms with E-state index in [-0.39, 0.29) is 29.3 Å². The zero-order valence-corrected chi connectivity index (χ0v) is 16.8. The predicted octanol–water partition coefficient (Wildman–Crippen LogP) is 1.43. The Labute approximate surface area is 171 Å². The van der Waals surface area contributed by atoms with Crippen molar-refractivity contribution in [1.82, 2.24) is 14.9 Å². The molecule has 29 heavy (non-hydrogen) atoms. The molecule has 0 spiro atoms. The first kappa shape index (κ1) is 20.7. The van der Waals surface area contributed by atoms with E-state index >= 15 is 0 Å². The summed E-state index contributed by atoms with van der Waals surface area (Å²) < 4.78 is 4.76. The molecule has 0 saturated carbocycles. The molecule has 0 atom stereocenters. The van der Waals surface area contributed by atoms with E-state index in [1.54, 1.807) is 10.3 Å². The molecule has 2 N–H and O–H groups in total. The number of hydrogen-bond acceptors (Lipinski definition) is 7. The number of amides is 2. The molecule has 0 unspecified atom stereocenters. The molecule has 3 heterocycles. The van der Waals surface area contributed by atoms with Crippen LogP contribution in [-0.2, 0) is 20.7 Å². The maximum atomic E-state index is 12.4. The van der Waals surface area contributed by atoms with Crippen molar-refractivity contribution in [2.45, 2.75) is 25.7 Å². The van der Waals surface area contributed by atoms with Gasteiger partial charge in [0.25, 0.3) is 5.91 Å². The largest absolute Gasteiger partial charge is 0.469 e. The molecule has 0 radical (unpaired) electrons. The summed E-state index contributed by atoms with van der Waals surface area (Å²) in [5.41, 5.74) is 0.772. The third-order valence-electron chi connectivity index (χ3n) is 4.80. The Morgan fingerprint density at radius 1 is 1.31 bits per heavy atom.